The Morgan fingerprint density at radius 3 is 1.60 bits per heavy atom. The Hall–Kier alpha value is -4.22. The first-order valence-electron chi connectivity index (χ1n) is 14.6. The molecule has 17 nitrogen and oxygen atoms in total. The summed E-state index contributed by atoms with van der Waals surface area (Å²) in [7, 11) is -5.11. The number of benzene rings is 2. The first-order chi connectivity index (χ1) is 22.6. The monoisotopic (exact) mass is 693 g/mol. The molecule has 0 aliphatic carbocycles. The quantitative estimate of drug-likeness (QED) is 0.0952. The highest BCUT2D eigenvalue weighted by Gasteiger charge is 2.26. The van der Waals surface area contributed by atoms with E-state index in [1.54, 1.807) is 0 Å². The van der Waals surface area contributed by atoms with Gasteiger partial charge < -0.3 is 53.9 Å². The van der Waals surface area contributed by atoms with Crippen LogP contribution in [0.5, 0.6) is 0 Å². The minimum absolute atomic E-state index is 0.208. The summed E-state index contributed by atoms with van der Waals surface area (Å²) in [5.41, 5.74) is 1.79. The molecule has 0 amide bonds. The van der Waals surface area contributed by atoms with Gasteiger partial charge in [0.25, 0.3) is 7.82 Å². The van der Waals surface area contributed by atoms with Crippen molar-refractivity contribution in [3.05, 3.63) is 71.8 Å². The van der Waals surface area contributed by atoms with Crippen molar-refractivity contribution in [1.29, 1.82) is 0 Å². The molecular formula is C30H36N3O14P-4. The Bertz CT molecular complexity index is 1330. The summed E-state index contributed by atoms with van der Waals surface area (Å²) in [5, 5.41) is 52.4. The molecule has 0 saturated carbocycles. The van der Waals surface area contributed by atoms with Gasteiger partial charge in [0.15, 0.2) is 0 Å². The summed E-state index contributed by atoms with van der Waals surface area (Å²) in [6.45, 7) is -6.79. The molecule has 2 rings (SSSR count). The molecule has 0 aliphatic heterocycles. The molecule has 264 valence electrons. The van der Waals surface area contributed by atoms with Crippen LogP contribution in [0.25, 0.3) is 0 Å². The number of rotatable bonds is 25. The van der Waals surface area contributed by atoms with Crippen LogP contribution in [0.2, 0.25) is 0 Å². The smallest absolute Gasteiger partial charge is 0.317 e. The van der Waals surface area contributed by atoms with Crippen molar-refractivity contribution in [3.63, 3.8) is 0 Å². The summed E-state index contributed by atoms with van der Waals surface area (Å²) in [5.74, 6) is -8.14. The number of carbonyl (C=O) groups excluding carboxylic acids is 3. The number of carbonyl (C=O) groups is 5. The summed E-state index contributed by atoms with van der Waals surface area (Å²) in [6.07, 6.45) is 0.208. The fourth-order valence-corrected chi connectivity index (χ4v) is 5.67. The van der Waals surface area contributed by atoms with E-state index in [1.807, 2.05) is 60.7 Å². The van der Waals surface area contributed by atoms with E-state index in [-0.39, 0.29) is 32.0 Å². The third-order valence-corrected chi connectivity index (χ3v) is 7.90. The van der Waals surface area contributed by atoms with Crippen LogP contribution in [0.3, 0.4) is 0 Å². The van der Waals surface area contributed by atoms with Gasteiger partial charge in [0, 0.05) is 51.2 Å². The molecule has 0 fully saturated rings. The van der Waals surface area contributed by atoms with Crippen molar-refractivity contribution in [2.24, 2.45) is 0 Å². The van der Waals surface area contributed by atoms with Gasteiger partial charge in [-0.2, -0.15) is 0 Å². The van der Waals surface area contributed by atoms with E-state index in [4.69, 9.17) is 14.2 Å². The highest BCUT2D eigenvalue weighted by atomic mass is 31.2. The number of phosphoric acid groups is 1. The van der Waals surface area contributed by atoms with Crippen LogP contribution in [0.1, 0.15) is 23.5 Å². The molecule has 18 heteroatoms. The van der Waals surface area contributed by atoms with Crippen LogP contribution in [0.15, 0.2) is 60.7 Å². The Kier molecular flexibility index (Phi) is 16.8. The lowest BCUT2D eigenvalue weighted by molar-refractivity contribution is -0.311. The number of hydrogen-bond donors (Lipinski definition) is 2. The van der Waals surface area contributed by atoms with Gasteiger partial charge in [-0.1, -0.05) is 60.7 Å². The molecule has 0 spiro atoms. The van der Waals surface area contributed by atoms with E-state index < -0.39 is 89.6 Å². The molecule has 0 radical (unpaired) electrons. The first kappa shape index (κ1) is 40.0. The Morgan fingerprint density at radius 2 is 1.15 bits per heavy atom. The highest BCUT2D eigenvalue weighted by Crippen LogP contribution is 2.40. The lowest BCUT2D eigenvalue weighted by Crippen LogP contribution is -2.55. The second-order valence-corrected chi connectivity index (χ2v) is 12.1. The van der Waals surface area contributed by atoms with E-state index in [9.17, 15) is 53.9 Å². The van der Waals surface area contributed by atoms with Crippen molar-refractivity contribution < 1.29 is 68.0 Å². The summed E-state index contributed by atoms with van der Waals surface area (Å²) >= 11 is 0. The third-order valence-electron chi connectivity index (χ3n) is 6.94. The average Bonchev–Trinajstić information content (AvgIpc) is 2.99. The standard InChI is InChI=1S/C30H40N3O14P/c34-26(35)16-31(12-13-32(17-27(36)37)18-28(38)39)15-24(33(19-29(40)41)20-30(42)43)21-47-48(44,45)46-14-11-25(22-7-3-1-4-8-22)23-9-5-2-6-10-23/h1-10,24-25H,11-21H2,(H,34,35)(H,36,37)(H,38,39)(H,40,41)(H,42,43)(H,44,45)/p-4. The summed E-state index contributed by atoms with van der Waals surface area (Å²) in [4.78, 5) is 72.2. The van der Waals surface area contributed by atoms with Gasteiger partial charge in [-0.05, 0) is 17.5 Å². The molecular weight excluding hydrogens is 657 g/mol. The SMILES string of the molecule is O=C([O-])CN(CCN(CC(=O)O)CC(COP(=O)([O-])OCCC(c1ccccc1)c1ccccc1)N(CC(=O)[O-])CC(=O)[O-])CC(=O)O. The Labute approximate surface area is 276 Å². The maximum absolute atomic E-state index is 12.8. The number of carboxylic acids is 5. The number of nitrogens with zero attached hydrogens (tertiary/aromatic N) is 3. The lowest BCUT2D eigenvalue weighted by Gasteiger charge is -2.37. The lowest BCUT2D eigenvalue weighted by atomic mass is 9.89. The van der Waals surface area contributed by atoms with Gasteiger partial charge in [0.05, 0.1) is 44.2 Å². The largest absolute Gasteiger partial charge is 0.756 e. The van der Waals surface area contributed by atoms with Crippen LogP contribution >= 0.6 is 7.82 Å². The van der Waals surface area contributed by atoms with E-state index in [0.717, 1.165) is 25.8 Å². The van der Waals surface area contributed by atoms with E-state index >= 15 is 0 Å². The Morgan fingerprint density at radius 1 is 0.688 bits per heavy atom. The van der Waals surface area contributed by atoms with E-state index in [1.165, 1.54) is 0 Å². The highest BCUT2D eigenvalue weighted by molar-refractivity contribution is 7.45. The molecule has 0 bridgehead atoms. The molecule has 0 aliphatic rings. The van der Waals surface area contributed by atoms with Gasteiger partial charge in [0.1, 0.15) is 0 Å². The molecule has 2 atom stereocenters. The molecule has 2 unspecified atom stereocenters. The summed E-state index contributed by atoms with van der Waals surface area (Å²) in [6, 6.07) is 17.1. The molecule has 2 aromatic carbocycles. The number of carboxylic acid groups (broad SMARTS) is 5. The number of aliphatic carboxylic acids is 5. The topological polar surface area (TPSA) is 263 Å². The molecule has 2 aromatic rings. The zero-order valence-electron chi connectivity index (χ0n) is 25.8. The van der Waals surface area contributed by atoms with Gasteiger partial charge in [0.2, 0.25) is 0 Å². The van der Waals surface area contributed by atoms with Gasteiger partial charge in [-0.25, -0.2) is 0 Å². The van der Waals surface area contributed by atoms with Gasteiger partial charge in [-0.3, -0.25) is 28.9 Å². The second kappa shape index (κ2) is 20.2. The van der Waals surface area contributed by atoms with Crippen LogP contribution in [0, 0.1) is 0 Å². The third kappa shape index (κ3) is 16.1. The van der Waals surface area contributed by atoms with E-state index in [0.29, 0.717) is 0 Å². The van der Waals surface area contributed by atoms with Crippen molar-refractivity contribution in [1.82, 2.24) is 14.7 Å². The van der Waals surface area contributed by atoms with Crippen molar-refractivity contribution in [2.75, 3.05) is 65.6 Å². The van der Waals surface area contributed by atoms with Crippen molar-refractivity contribution in [2.45, 2.75) is 18.4 Å². The maximum Gasteiger partial charge on any atom is 0.317 e. The van der Waals surface area contributed by atoms with E-state index in [2.05, 4.69) is 0 Å². The second-order valence-electron chi connectivity index (χ2n) is 10.6. The zero-order chi connectivity index (χ0) is 35.7. The Balaban J connectivity index is 2.22. The predicted molar refractivity (Wildman–Crippen MR) is 157 cm³/mol. The molecule has 48 heavy (non-hydrogen) atoms. The fourth-order valence-electron chi connectivity index (χ4n) is 4.91. The fraction of sp³-hybridized carbons (Fsp3) is 0.433. The molecule has 0 heterocycles. The number of phosphoric ester groups is 1. The van der Waals surface area contributed by atoms with Gasteiger partial charge >= 0.3 is 11.9 Å². The molecule has 2 N–H and O–H groups in total. The first-order valence-corrected chi connectivity index (χ1v) is 16.0. The molecule has 0 saturated heterocycles. The predicted octanol–water partition coefficient (Wildman–Crippen LogP) is -3.60. The minimum atomic E-state index is -5.11. The van der Waals surface area contributed by atoms with Crippen molar-refractivity contribution in [3.8, 4) is 0 Å². The van der Waals surface area contributed by atoms with Crippen LogP contribution in [0.4, 0.5) is 0 Å². The van der Waals surface area contributed by atoms with Crippen LogP contribution in [-0.4, -0.2) is 126 Å². The van der Waals surface area contributed by atoms with Crippen LogP contribution < -0.4 is 20.2 Å². The van der Waals surface area contributed by atoms with Gasteiger partial charge in [-0.15, -0.1) is 0 Å². The van der Waals surface area contributed by atoms with Crippen molar-refractivity contribution >= 4 is 37.7 Å². The zero-order valence-corrected chi connectivity index (χ0v) is 26.7. The molecule has 0 aromatic heterocycles. The van der Waals surface area contributed by atoms with Crippen LogP contribution in [-0.2, 0) is 37.6 Å². The summed E-state index contributed by atoms with van der Waals surface area (Å²) < 4.78 is 22.9. The number of hydrogen-bond acceptors (Lipinski definition) is 15. The maximum atomic E-state index is 12.8. The minimum Gasteiger partial charge on any atom is -0.756 e. The average molecular weight is 694 g/mol. The normalized spacial score (nSPS) is 13.4.